The Morgan fingerprint density at radius 3 is 2.65 bits per heavy atom. The molecule has 0 fully saturated rings. The Kier molecular flexibility index (Phi) is 3.43. The number of rotatable bonds is 3. The summed E-state index contributed by atoms with van der Waals surface area (Å²) in [5.41, 5.74) is 6.20. The second kappa shape index (κ2) is 5.01. The molecule has 1 heterocycles. The molecule has 0 aliphatic rings. The fourth-order valence-corrected chi connectivity index (χ4v) is 1.61. The van der Waals surface area contributed by atoms with Gasteiger partial charge in [-0.2, -0.15) is 5.10 Å². The van der Waals surface area contributed by atoms with E-state index in [1.54, 1.807) is 12.3 Å². The first kappa shape index (κ1) is 11.7. The fraction of sp³-hybridized carbons (Fsp3) is 0.0909. The highest BCUT2D eigenvalue weighted by molar-refractivity contribution is 9.10. The molecule has 2 rings (SSSR count). The molecule has 0 bridgehead atoms. The van der Waals surface area contributed by atoms with E-state index >= 15 is 0 Å². The van der Waals surface area contributed by atoms with Crippen LogP contribution in [0, 0.1) is 0 Å². The first-order valence-corrected chi connectivity index (χ1v) is 5.77. The number of benzene rings is 1. The lowest BCUT2D eigenvalue weighted by Gasteiger charge is -2.05. The predicted molar refractivity (Wildman–Crippen MR) is 69.4 cm³/mol. The van der Waals surface area contributed by atoms with E-state index in [2.05, 4.69) is 26.3 Å². The molecule has 0 atom stereocenters. The van der Waals surface area contributed by atoms with Gasteiger partial charge in [0.05, 0.1) is 0 Å². The quantitative estimate of drug-likeness (QED) is 0.908. The van der Waals surface area contributed by atoms with Gasteiger partial charge in [0.1, 0.15) is 12.4 Å². The third kappa shape index (κ3) is 3.32. The molecule has 17 heavy (non-hydrogen) atoms. The molecule has 0 saturated heterocycles. The Labute approximate surface area is 107 Å². The highest BCUT2D eigenvalue weighted by Gasteiger charge is 2.04. The topological polar surface area (TPSA) is 72.9 Å². The van der Waals surface area contributed by atoms with Crippen LogP contribution < -0.4 is 11.1 Å². The Balaban J connectivity index is 1.95. The number of halogens is 1. The maximum absolute atomic E-state index is 11.7. The molecule has 1 aromatic heterocycles. The number of amides is 1. The summed E-state index contributed by atoms with van der Waals surface area (Å²) in [4.78, 5) is 11.7. The van der Waals surface area contributed by atoms with E-state index in [1.165, 1.54) is 4.68 Å². The zero-order valence-electron chi connectivity index (χ0n) is 8.93. The van der Waals surface area contributed by atoms with Gasteiger partial charge in [0.25, 0.3) is 0 Å². The van der Waals surface area contributed by atoms with Crippen molar-refractivity contribution in [3.63, 3.8) is 0 Å². The van der Waals surface area contributed by atoms with Gasteiger partial charge >= 0.3 is 0 Å². The summed E-state index contributed by atoms with van der Waals surface area (Å²) in [7, 11) is 0. The zero-order chi connectivity index (χ0) is 12.3. The maximum Gasteiger partial charge on any atom is 0.246 e. The van der Waals surface area contributed by atoms with Crippen LogP contribution in [0.3, 0.4) is 0 Å². The van der Waals surface area contributed by atoms with Gasteiger partial charge < -0.3 is 11.1 Å². The molecule has 0 spiro atoms. The minimum absolute atomic E-state index is 0.143. The molecule has 1 aromatic carbocycles. The lowest BCUT2D eigenvalue weighted by Crippen LogP contribution is -2.19. The number of carbonyl (C=O) groups excluding carboxylic acids is 1. The van der Waals surface area contributed by atoms with Crippen LogP contribution in [0.2, 0.25) is 0 Å². The standard InChI is InChI=1S/C11H11BrN4O/c12-8-1-3-9(4-2-8)14-11(17)7-16-6-5-10(13)15-16/h1-6H,7H2,(H2,13,15)(H,14,17). The van der Waals surface area contributed by atoms with Crippen molar-refractivity contribution in [2.24, 2.45) is 0 Å². The van der Waals surface area contributed by atoms with E-state index in [9.17, 15) is 4.79 Å². The summed E-state index contributed by atoms with van der Waals surface area (Å²) >= 11 is 3.33. The van der Waals surface area contributed by atoms with Crippen LogP contribution in [0.15, 0.2) is 41.0 Å². The lowest BCUT2D eigenvalue weighted by atomic mass is 10.3. The van der Waals surface area contributed by atoms with Crippen molar-refractivity contribution in [2.75, 3.05) is 11.1 Å². The monoisotopic (exact) mass is 294 g/mol. The first-order valence-electron chi connectivity index (χ1n) is 4.98. The van der Waals surface area contributed by atoms with Crippen molar-refractivity contribution in [2.45, 2.75) is 6.54 Å². The summed E-state index contributed by atoms with van der Waals surface area (Å²) in [6, 6.07) is 9.01. The molecule has 0 aliphatic heterocycles. The molecule has 0 radical (unpaired) electrons. The Morgan fingerprint density at radius 1 is 1.35 bits per heavy atom. The van der Waals surface area contributed by atoms with Gasteiger partial charge in [0.2, 0.25) is 5.91 Å². The zero-order valence-corrected chi connectivity index (χ0v) is 10.5. The maximum atomic E-state index is 11.7. The summed E-state index contributed by atoms with van der Waals surface area (Å²) < 4.78 is 2.46. The number of nitrogens with two attached hydrogens (primary N) is 1. The number of nitrogen functional groups attached to an aromatic ring is 1. The van der Waals surface area contributed by atoms with Crippen molar-refractivity contribution in [1.29, 1.82) is 0 Å². The van der Waals surface area contributed by atoms with Gasteiger partial charge in [-0.1, -0.05) is 15.9 Å². The molecular weight excluding hydrogens is 284 g/mol. The minimum Gasteiger partial charge on any atom is -0.382 e. The summed E-state index contributed by atoms with van der Waals surface area (Å²) in [5, 5.41) is 6.70. The second-order valence-corrected chi connectivity index (χ2v) is 4.41. The largest absolute Gasteiger partial charge is 0.382 e. The van der Waals surface area contributed by atoms with Crippen molar-refractivity contribution in [1.82, 2.24) is 9.78 Å². The van der Waals surface area contributed by atoms with Crippen molar-refractivity contribution in [3.05, 3.63) is 41.0 Å². The van der Waals surface area contributed by atoms with Crippen molar-refractivity contribution in [3.8, 4) is 0 Å². The van der Waals surface area contributed by atoms with E-state index in [0.29, 0.717) is 5.82 Å². The third-order valence-electron chi connectivity index (χ3n) is 2.09. The van der Waals surface area contributed by atoms with E-state index in [1.807, 2.05) is 24.3 Å². The van der Waals surface area contributed by atoms with Crippen LogP contribution in [-0.4, -0.2) is 15.7 Å². The minimum atomic E-state index is -0.143. The van der Waals surface area contributed by atoms with Gasteiger partial charge in [-0.25, -0.2) is 0 Å². The number of aromatic nitrogens is 2. The average Bonchev–Trinajstić information content (AvgIpc) is 2.67. The van der Waals surface area contributed by atoms with Gasteiger partial charge in [0, 0.05) is 16.4 Å². The molecule has 88 valence electrons. The number of anilines is 2. The normalized spacial score (nSPS) is 10.2. The number of carbonyl (C=O) groups is 1. The Morgan fingerprint density at radius 2 is 2.06 bits per heavy atom. The Hall–Kier alpha value is -1.82. The molecule has 5 nitrogen and oxygen atoms in total. The van der Waals surface area contributed by atoms with Crippen LogP contribution in [0.1, 0.15) is 0 Å². The second-order valence-electron chi connectivity index (χ2n) is 3.49. The number of nitrogens with zero attached hydrogens (tertiary/aromatic N) is 2. The van der Waals surface area contributed by atoms with E-state index in [0.717, 1.165) is 10.2 Å². The highest BCUT2D eigenvalue weighted by Crippen LogP contribution is 2.14. The average molecular weight is 295 g/mol. The van der Waals surface area contributed by atoms with Crippen molar-refractivity contribution < 1.29 is 4.79 Å². The van der Waals surface area contributed by atoms with Crippen LogP contribution in [0.25, 0.3) is 0 Å². The molecule has 0 aliphatic carbocycles. The third-order valence-corrected chi connectivity index (χ3v) is 2.62. The van der Waals surface area contributed by atoms with Crippen LogP contribution >= 0.6 is 15.9 Å². The molecule has 1 amide bonds. The van der Waals surface area contributed by atoms with Gasteiger partial charge in [-0.05, 0) is 30.3 Å². The molecule has 2 aromatic rings. The van der Waals surface area contributed by atoms with Gasteiger partial charge in [-0.15, -0.1) is 0 Å². The van der Waals surface area contributed by atoms with Gasteiger partial charge in [0.15, 0.2) is 0 Å². The van der Waals surface area contributed by atoms with E-state index in [4.69, 9.17) is 5.73 Å². The van der Waals surface area contributed by atoms with Gasteiger partial charge in [-0.3, -0.25) is 9.48 Å². The van der Waals surface area contributed by atoms with Crippen LogP contribution in [0.5, 0.6) is 0 Å². The molecule has 0 saturated carbocycles. The highest BCUT2D eigenvalue weighted by atomic mass is 79.9. The van der Waals surface area contributed by atoms with E-state index < -0.39 is 0 Å². The number of hydrogen-bond acceptors (Lipinski definition) is 3. The summed E-state index contributed by atoms with van der Waals surface area (Å²) in [5.74, 6) is 0.261. The molecule has 0 unspecified atom stereocenters. The smallest absolute Gasteiger partial charge is 0.246 e. The summed E-state index contributed by atoms with van der Waals surface area (Å²) in [6.07, 6.45) is 1.66. The van der Waals surface area contributed by atoms with Crippen molar-refractivity contribution >= 4 is 33.3 Å². The molecule has 3 N–H and O–H groups in total. The summed E-state index contributed by atoms with van der Waals surface area (Å²) in [6.45, 7) is 0.146. The van der Waals surface area contributed by atoms with Crippen LogP contribution in [-0.2, 0) is 11.3 Å². The lowest BCUT2D eigenvalue weighted by molar-refractivity contribution is -0.116. The molecular formula is C11H11BrN4O. The predicted octanol–water partition coefficient (Wildman–Crippen LogP) is 1.87. The van der Waals surface area contributed by atoms with E-state index in [-0.39, 0.29) is 12.5 Å². The SMILES string of the molecule is Nc1ccn(CC(=O)Nc2ccc(Br)cc2)n1. The van der Waals surface area contributed by atoms with Crippen LogP contribution in [0.4, 0.5) is 11.5 Å². The Bertz CT molecular complexity index is 521. The molecule has 6 heteroatoms. The number of nitrogens with one attached hydrogen (secondary N) is 1. The first-order chi connectivity index (χ1) is 8.13. The number of hydrogen-bond donors (Lipinski definition) is 2. The fourth-order valence-electron chi connectivity index (χ4n) is 1.35.